The number of piperazine rings is 1. The van der Waals surface area contributed by atoms with Gasteiger partial charge in [0.25, 0.3) is 0 Å². The van der Waals surface area contributed by atoms with Gasteiger partial charge in [-0.2, -0.15) is 0 Å². The van der Waals surface area contributed by atoms with Crippen LogP contribution in [0, 0.1) is 0 Å². The molecule has 18 heavy (non-hydrogen) atoms. The highest BCUT2D eigenvalue weighted by Crippen LogP contribution is 2.04. The van der Waals surface area contributed by atoms with E-state index in [1.807, 2.05) is 0 Å². The summed E-state index contributed by atoms with van der Waals surface area (Å²) in [5.41, 5.74) is 0. The summed E-state index contributed by atoms with van der Waals surface area (Å²) < 4.78 is 10.8. The van der Waals surface area contributed by atoms with Crippen LogP contribution in [0.3, 0.4) is 0 Å². The number of nitrogens with one attached hydrogen (secondary N) is 2. The standard InChI is InChI=1S/C9H15N3O5S/c1-18(17)3-2-10-9(16)12-5-7(13)11-4-6(12)8(14)15/h6H,2-5H2,1H3,(H,10,16)(H,11,13)(H,14,15). The Labute approximate surface area is 106 Å². The maximum Gasteiger partial charge on any atom is 0.328 e. The largest absolute Gasteiger partial charge is 0.480 e. The fourth-order valence-electron chi connectivity index (χ4n) is 1.48. The number of carbonyl (C=O) groups excluding carboxylic acids is 2. The van der Waals surface area contributed by atoms with Crippen LogP contribution in [0.1, 0.15) is 0 Å². The summed E-state index contributed by atoms with van der Waals surface area (Å²) in [6.07, 6.45) is 1.50. The molecule has 0 aromatic rings. The van der Waals surface area contributed by atoms with E-state index in [-0.39, 0.29) is 25.4 Å². The van der Waals surface area contributed by atoms with E-state index in [1.165, 1.54) is 6.26 Å². The fourth-order valence-corrected chi connectivity index (χ4v) is 1.87. The van der Waals surface area contributed by atoms with Gasteiger partial charge in [-0.15, -0.1) is 0 Å². The summed E-state index contributed by atoms with van der Waals surface area (Å²) in [5, 5.41) is 13.8. The lowest BCUT2D eigenvalue weighted by atomic mass is 10.2. The second-order valence-electron chi connectivity index (χ2n) is 3.80. The first-order chi connectivity index (χ1) is 8.41. The molecule has 1 rings (SSSR count). The number of amides is 3. The van der Waals surface area contributed by atoms with Crippen LogP contribution < -0.4 is 10.6 Å². The molecule has 1 aliphatic rings. The molecule has 102 valence electrons. The molecule has 0 aromatic carbocycles. The molecule has 0 radical (unpaired) electrons. The van der Waals surface area contributed by atoms with Crippen LogP contribution >= 0.6 is 0 Å². The van der Waals surface area contributed by atoms with Crippen molar-refractivity contribution in [2.45, 2.75) is 6.04 Å². The number of carboxylic acids is 1. The summed E-state index contributed by atoms with van der Waals surface area (Å²) in [6, 6.07) is -1.71. The molecule has 1 fully saturated rings. The van der Waals surface area contributed by atoms with Crippen molar-refractivity contribution in [3.05, 3.63) is 0 Å². The average molecular weight is 277 g/mol. The smallest absolute Gasteiger partial charge is 0.328 e. The van der Waals surface area contributed by atoms with Crippen LogP contribution in [0.15, 0.2) is 0 Å². The Kier molecular flexibility index (Phi) is 5.08. The quantitative estimate of drug-likeness (QED) is 0.547. The Hall–Kier alpha value is -1.64. The zero-order chi connectivity index (χ0) is 13.7. The van der Waals surface area contributed by atoms with Crippen molar-refractivity contribution < 1.29 is 23.7 Å². The summed E-state index contributed by atoms with van der Waals surface area (Å²) in [6.45, 7) is -0.230. The molecule has 0 saturated carbocycles. The number of hydrogen-bond donors (Lipinski definition) is 3. The third-order valence-corrected chi connectivity index (χ3v) is 3.17. The minimum atomic E-state index is -1.18. The van der Waals surface area contributed by atoms with E-state index in [4.69, 9.17) is 5.11 Å². The molecule has 0 aromatic heterocycles. The van der Waals surface area contributed by atoms with Crippen molar-refractivity contribution in [3.8, 4) is 0 Å². The lowest BCUT2D eigenvalue weighted by Crippen LogP contribution is -2.61. The summed E-state index contributed by atoms with van der Waals surface area (Å²) >= 11 is 0. The SMILES string of the molecule is CS(=O)CCNC(=O)N1CC(=O)NCC1C(=O)O. The van der Waals surface area contributed by atoms with Gasteiger partial charge in [-0.3, -0.25) is 13.9 Å². The molecule has 0 spiro atoms. The third kappa shape index (κ3) is 3.99. The molecule has 9 heteroatoms. The van der Waals surface area contributed by atoms with Gasteiger partial charge in [0.15, 0.2) is 0 Å². The fraction of sp³-hybridized carbons (Fsp3) is 0.667. The van der Waals surface area contributed by atoms with Crippen molar-refractivity contribution in [2.75, 3.05) is 31.6 Å². The highest BCUT2D eigenvalue weighted by atomic mass is 32.2. The van der Waals surface area contributed by atoms with Crippen molar-refractivity contribution in [2.24, 2.45) is 0 Å². The molecular weight excluding hydrogens is 262 g/mol. The number of urea groups is 1. The number of carboxylic acid groups (broad SMARTS) is 1. The van der Waals surface area contributed by atoms with Crippen LogP contribution in [0.4, 0.5) is 4.79 Å². The number of rotatable bonds is 4. The topological polar surface area (TPSA) is 116 Å². The van der Waals surface area contributed by atoms with Gasteiger partial charge in [-0.1, -0.05) is 0 Å². The van der Waals surface area contributed by atoms with Gasteiger partial charge in [0.2, 0.25) is 5.91 Å². The minimum Gasteiger partial charge on any atom is -0.480 e. The van der Waals surface area contributed by atoms with Gasteiger partial charge in [0.05, 0.1) is 0 Å². The maximum atomic E-state index is 11.7. The molecule has 2 atom stereocenters. The van der Waals surface area contributed by atoms with E-state index < -0.39 is 34.7 Å². The molecule has 1 heterocycles. The molecule has 0 bridgehead atoms. The molecule has 1 aliphatic heterocycles. The third-order valence-electron chi connectivity index (χ3n) is 2.39. The molecule has 0 aliphatic carbocycles. The lowest BCUT2D eigenvalue weighted by molar-refractivity contribution is -0.144. The van der Waals surface area contributed by atoms with Crippen LogP contribution in [-0.4, -0.2) is 69.8 Å². The van der Waals surface area contributed by atoms with E-state index in [1.54, 1.807) is 0 Å². The van der Waals surface area contributed by atoms with Crippen LogP contribution in [0.2, 0.25) is 0 Å². The number of nitrogens with zero attached hydrogens (tertiary/aromatic N) is 1. The second kappa shape index (κ2) is 6.34. The molecular formula is C9H15N3O5S. The first kappa shape index (κ1) is 14.4. The summed E-state index contributed by atoms with van der Waals surface area (Å²) in [7, 11) is -1.04. The maximum absolute atomic E-state index is 11.7. The van der Waals surface area contributed by atoms with E-state index in [9.17, 15) is 18.6 Å². The highest BCUT2D eigenvalue weighted by molar-refractivity contribution is 7.84. The second-order valence-corrected chi connectivity index (χ2v) is 5.35. The van der Waals surface area contributed by atoms with E-state index in [2.05, 4.69) is 10.6 Å². The predicted octanol–water partition coefficient (Wildman–Crippen LogP) is -2.04. The Morgan fingerprint density at radius 2 is 2.28 bits per heavy atom. The van der Waals surface area contributed by atoms with Crippen LogP contribution in [0.5, 0.6) is 0 Å². The first-order valence-corrected chi connectivity index (χ1v) is 6.98. The zero-order valence-electron chi connectivity index (χ0n) is 9.84. The van der Waals surface area contributed by atoms with E-state index in [0.717, 1.165) is 4.90 Å². The Morgan fingerprint density at radius 3 is 2.83 bits per heavy atom. The molecule has 3 N–H and O–H groups in total. The van der Waals surface area contributed by atoms with Crippen molar-refractivity contribution in [1.29, 1.82) is 0 Å². The Balaban J connectivity index is 2.58. The Morgan fingerprint density at radius 1 is 1.61 bits per heavy atom. The van der Waals surface area contributed by atoms with Crippen molar-refractivity contribution >= 4 is 28.7 Å². The predicted molar refractivity (Wildman–Crippen MR) is 63.5 cm³/mol. The van der Waals surface area contributed by atoms with E-state index >= 15 is 0 Å². The van der Waals surface area contributed by atoms with Gasteiger partial charge < -0.3 is 15.7 Å². The van der Waals surface area contributed by atoms with Gasteiger partial charge in [0, 0.05) is 35.9 Å². The normalized spacial score (nSPS) is 21.1. The van der Waals surface area contributed by atoms with Crippen molar-refractivity contribution in [3.63, 3.8) is 0 Å². The van der Waals surface area contributed by atoms with E-state index in [0.29, 0.717) is 0 Å². The number of hydrogen-bond acceptors (Lipinski definition) is 4. The average Bonchev–Trinajstić information content (AvgIpc) is 2.27. The highest BCUT2D eigenvalue weighted by Gasteiger charge is 2.34. The number of aliphatic carboxylic acids is 1. The first-order valence-electron chi connectivity index (χ1n) is 5.26. The zero-order valence-corrected chi connectivity index (χ0v) is 10.7. The van der Waals surface area contributed by atoms with Crippen molar-refractivity contribution in [1.82, 2.24) is 15.5 Å². The molecule has 3 amide bonds. The van der Waals surface area contributed by atoms with Gasteiger partial charge in [-0.25, -0.2) is 9.59 Å². The summed E-state index contributed by atoms with van der Waals surface area (Å²) in [5.74, 6) is -1.30. The minimum absolute atomic E-state index is 0.110. The number of carbonyl (C=O) groups is 3. The van der Waals surface area contributed by atoms with Crippen LogP contribution in [0.25, 0.3) is 0 Å². The lowest BCUT2D eigenvalue weighted by Gasteiger charge is -2.32. The monoisotopic (exact) mass is 277 g/mol. The van der Waals surface area contributed by atoms with Crippen LogP contribution in [-0.2, 0) is 20.4 Å². The molecule has 8 nitrogen and oxygen atoms in total. The van der Waals surface area contributed by atoms with Gasteiger partial charge in [0.1, 0.15) is 12.6 Å². The molecule has 1 saturated heterocycles. The molecule has 2 unspecified atom stereocenters. The summed E-state index contributed by atoms with van der Waals surface area (Å²) in [4.78, 5) is 34.8. The Bertz CT molecular complexity index is 386. The van der Waals surface area contributed by atoms with Gasteiger partial charge in [-0.05, 0) is 0 Å². The van der Waals surface area contributed by atoms with Gasteiger partial charge >= 0.3 is 12.0 Å².